The summed E-state index contributed by atoms with van der Waals surface area (Å²) in [7, 11) is 0. The van der Waals surface area contributed by atoms with Crippen LogP contribution in [-0.4, -0.2) is 37.7 Å². The van der Waals surface area contributed by atoms with Gasteiger partial charge in [0.15, 0.2) is 0 Å². The molecule has 0 heterocycles. The monoisotopic (exact) mass is 392 g/mol. The van der Waals surface area contributed by atoms with Crippen molar-refractivity contribution in [2.75, 3.05) is 19.8 Å². The van der Waals surface area contributed by atoms with Crippen LogP contribution in [0.4, 0.5) is 0 Å². The van der Waals surface area contributed by atoms with E-state index in [4.69, 9.17) is 14.2 Å². The van der Waals surface area contributed by atoms with E-state index in [0.29, 0.717) is 5.57 Å². The van der Waals surface area contributed by atoms with Crippen molar-refractivity contribution in [3.05, 3.63) is 36.5 Å². The molecule has 0 N–H and O–H groups in total. The molecule has 0 bridgehead atoms. The Bertz CT molecular complexity index is 659. The Morgan fingerprint density at radius 2 is 1.29 bits per heavy atom. The number of esters is 3. The Balaban J connectivity index is 3.12. The zero-order chi connectivity index (χ0) is 21.7. The highest BCUT2D eigenvalue weighted by Crippen LogP contribution is 2.58. The molecule has 28 heavy (non-hydrogen) atoms. The molecule has 6 nitrogen and oxygen atoms in total. The Labute approximate surface area is 167 Å². The quantitative estimate of drug-likeness (QED) is 0.320. The third kappa shape index (κ3) is 5.12. The van der Waals surface area contributed by atoms with Crippen LogP contribution < -0.4 is 0 Å². The second kappa shape index (κ2) is 9.22. The van der Waals surface area contributed by atoms with E-state index >= 15 is 0 Å². The maximum absolute atomic E-state index is 12.0. The Kier molecular flexibility index (Phi) is 7.79. The van der Waals surface area contributed by atoms with Crippen LogP contribution in [-0.2, 0) is 28.6 Å². The predicted molar refractivity (Wildman–Crippen MR) is 106 cm³/mol. The Morgan fingerprint density at radius 3 is 1.57 bits per heavy atom. The number of hydrogen-bond acceptors (Lipinski definition) is 6. The molecule has 2 atom stereocenters. The van der Waals surface area contributed by atoms with Crippen LogP contribution in [0.25, 0.3) is 0 Å². The zero-order valence-electron chi connectivity index (χ0n) is 17.7. The predicted octanol–water partition coefficient (Wildman–Crippen LogP) is 3.77. The normalized spacial score (nSPS) is 21.1. The minimum Gasteiger partial charge on any atom is -0.462 e. The van der Waals surface area contributed by atoms with Crippen LogP contribution in [0.2, 0.25) is 0 Å². The van der Waals surface area contributed by atoms with Crippen LogP contribution in [0, 0.1) is 16.7 Å². The van der Waals surface area contributed by atoms with Crippen molar-refractivity contribution in [1.29, 1.82) is 0 Å². The van der Waals surface area contributed by atoms with Crippen molar-refractivity contribution < 1.29 is 28.6 Å². The molecule has 6 heteroatoms. The molecular formula is C22H32O6. The van der Waals surface area contributed by atoms with Crippen LogP contribution in [0.5, 0.6) is 0 Å². The van der Waals surface area contributed by atoms with Crippen LogP contribution in [0.3, 0.4) is 0 Å². The average Bonchev–Trinajstić information content (AvgIpc) is 2.62. The summed E-state index contributed by atoms with van der Waals surface area (Å²) in [4.78, 5) is 35.9. The fraction of sp³-hybridized carbons (Fsp3) is 0.591. The standard InChI is InChI=1S/C22H32O6/c1-14(2)18(23)26-11-21(8,12-27-19(24)15(3)4)22(10-9-17(22)7)13-28-20(25)16(5)6/h17H,1,3,5,9-13H2,2,4,6-8H3. The molecule has 0 aromatic carbocycles. The molecule has 1 saturated carbocycles. The van der Waals surface area contributed by atoms with Crippen LogP contribution in [0.15, 0.2) is 36.5 Å². The highest BCUT2D eigenvalue weighted by Gasteiger charge is 2.58. The SMILES string of the molecule is C=C(C)C(=O)OCC(C)(COC(=O)C(=C)C)C1(COC(=O)C(=C)C)CCC1C. The first-order valence-corrected chi connectivity index (χ1v) is 9.34. The summed E-state index contributed by atoms with van der Waals surface area (Å²) in [5, 5.41) is 0. The molecule has 0 aromatic rings. The summed E-state index contributed by atoms with van der Waals surface area (Å²) in [5.41, 5.74) is -0.373. The van der Waals surface area contributed by atoms with Gasteiger partial charge in [-0.15, -0.1) is 0 Å². The molecule has 1 rings (SSSR count). The fourth-order valence-electron chi connectivity index (χ4n) is 3.41. The third-order valence-electron chi connectivity index (χ3n) is 5.72. The van der Waals surface area contributed by atoms with Gasteiger partial charge in [0.05, 0.1) is 6.61 Å². The van der Waals surface area contributed by atoms with E-state index in [1.54, 1.807) is 20.8 Å². The molecule has 0 amide bonds. The molecule has 1 aliphatic carbocycles. The van der Waals surface area contributed by atoms with Crippen molar-refractivity contribution in [3.63, 3.8) is 0 Å². The molecule has 156 valence electrons. The third-order valence-corrected chi connectivity index (χ3v) is 5.72. The molecule has 0 radical (unpaired) electrons. The number of rotatable bonds is 10. The van der Waals surface area contributed by atoms with Crippen molar-refractivity contribution in [3.8, 4) is 0 Å². The number of carbonyl (C=O) groups is 3. The molecule has 0 aliphatic heterocycles. The van der Waals surface area contributed by atoms with E-state index < -0.39 is 28.7 Å². The number of ether oxygens (including phenoxy) is 3. The first-order chi connectivity index (χ1) is 12.9. The summed E-state index contributed by atoms with van der Waals surface area (Å²) in [5.74, 6) is -1.32. The largest absolute Gasteiger partial charge is 0.462 e. The van der Waals surface area contributed by atoms with E-state index in [2.05, 4.69) is 26.7 Å². The Morgan fingerprint density at radius 1 is 0.893 bits per heavy atom. The second-order valence-corrected chi connectivity index (χ2v) is 8.23. The average molecular weight is 392 g/mol. The van der Waals surface area contributed by atoms with Gasteiger partial charge in [0.25, 0.3) is 0 Å². The molecule has 1 aliphatic rings. The van der Waals surface area contributed by atoms with Gasteiger partial charge in [-0.3, -0.25) is 0 Å². The van der Waals surface area contributed by atoms with Crippen molar-refractivity contribution in [2.24, 2.45) is 16.7 Å². The van der Waals surface area contributed by atoms with Gasteiger partial charge in [-0.05, 0) is 39.5 Å². The minimum absolute atomic E-state index is 0.0110. The second-order valence-electron chi connectivity index (χ2n) is 8.23. The highest BCUT2D eigenvalue weighted by molar-refractivity contribution is 5.87. The van der Waals surface area contributed by atoms with E-state index in [-0.39, 0.29) is 36.9 Å². The first kappa shape index (κ1) is 23.7. The lowest BCUT2D eigenvalue weighted by Crippen LogP contribution is -2.58. The molecule has 0 aromatic heterocycles. The molecule has 0 saturated heterocycles. The lowest BCUT2D eigenvalue weighted by Gasteiger charge is -2.57. The van der Waals surface area contributed by atoms with E-state index in [0.717, 1.165) is 12.8 Å². The minimum atomic E-state index is -0.754. The summed E-state index contributed by atoms with van der Waals surface area (Å²) in [6, 6.07) is 0. The zero-order valence-corrected chi connectivity index (χ0v) is 17.7. The summed E-state index contributed by atoms with van der Waals surface area (Å²) in [6.07, 6.45) is 1.69. The van der Waals surface area contributed by atoms with Gasteiger partial charge in [0.1, 0.15) is 13.2 Å². The lowest BCUT2D eigenvalue weighted by atomic mass is 9.49. The van der Waals surface area contributed by atoms with Gasteiger partial charge in [0.2, 0.25) is 0 Å². The highest BCUT2D eigenvalue weighted by atomic mass is 16.6. The first-order valence-electron chi connectivity index (χ1n) is 9.34. The van der Waals surface area contributed by atoms with Gasteiger partial charge >= 0.3 is 17.9 Å². The summed E-state index contributed by atoms with van der Waals surface area (Å²) >= 11 is 0. The van der Waals surface area contributed by atoms with Crippen molar-refractivity contribution >= 4 is 17.9 Å². The van der Waals surface area contributed by atoms with E-state index in [1.165, 1.54) is 0 Å². The molecule has 0 spiro atoms. The van der Waals surface area contributed by atoms with Gasteiger partial charge < -0.3 is 14.2 Å². The Hall–Kier alpha value is -2.37. The van der Waals surface area contributed by atoms with Crippen LogP contribution in [0.1, 0.15) is 47.5 Å². The lowest BCUT2D eigenvalue weighted by molar-refractivity contribution is -0.193. The maximum atomic E-state index is 12.0. The number of hydrogen-bond donors (Lipinski definition) is 0. The smallest absolute Gasteiger partial charge is 0.333 e. The van der Waals surface area contributed by atoms with E-state index in [9.17, 15) is 14.4 Å². The van der Waals surface area contributed by atoms with E-state index in [1.807, 2.05) is 6.92 Å². The molecule has 2 unspecified atom stereocenters. The van der Waals surface area contributed by atoms with Crippen LogP contribution >= 0.6 is 0 Å². The van der Waals surface area contributed by atoms with Gasteiger partial charge in [-0.2, -0.15) is 0 Å². The van der Waals surface area contributed by atoms with Gasteiger partial charge in [-0.1, -0.05) is 33.6 Å². The molecular weight excluding hydrogens is 360 g/mol. The van der Waals surface area contributed by atoms with Gasteiger partial charge in [-0.25, -0.2) is 14.4 Å². The van der Waals surface area contributed by atoms with Crippen molar-refractivity contribution in [2.45, 2.75) is 47.5 Å². The summed E-state index contributed by atoms with van der Waals surface area (Å²) in [6.45, 7) is 19.6. The maximum Gasteiger partial charge on any atom is 0.333 e. The van der Waals surface area contributed by atoms with Crippen molar-refractivity contribution in [1.82, 2.24) is 0 Å². The topological polar surface area (TPSA) is 78.9 Å². The molecule has 1 fully saturated rings. The fourth-order valence-corrected chi connectivity index (χ4v) is 3.41. The van der Waals surface area contributed by atoms with Gasteiger partial charge in [0, 0.05) is 27.5 Å². The number of carbonyl (C=O) groups excluding carboxylic acids is 3. The summed E-state index contributed by atoms with van der Waals surface area (Å²) < 4.78 is 16.4.